The minimum Gasteiger partial charge on any atom is -0.480 e. The summed E-state index contributed by atoms with van der Waals surface area (Å²) in [6.45, 7) is 2.61. The molecule has 3 atom stereocenters. The van der Waals surface area contributed by atoms with Crippen LogP contribution in [-0.2, 0) is 32.7 Å². The molecule has 0 bridgehead atoms. The van der Waals surface area contributed by atoms with Crippen LogP contribution >= 0.6 is 7.82 Å². The first-order valence-corrected chi connectivity index (χ1v) is 26.4. The van der Waals surface area contributed by atoms with Gasteiger partial charge in [0, 0.05) is 12.8 Å². The molecule has 0 heterocycles. The maximum Gasteiger partial charge on any atom is 0.472 e. The van der Waals surface area contributed by atoms with E-state index in [0.717, 1.165) is 57.8 Å². The first-order chi connectivity index (χ1) is 29.6. The third-order valence-corrected chi connectivity index (χ3v) is 11.9. The lowest BCUT2D eigenvalue weighted by molar-refractivity contribution is -0.147. The van der Waals surface area contributed by atoms with Gasteiger partial charge in [0.15, 0.2) is 6.04 Å². The van der Waals surface area contributed by atoms with Crippen LogP contribution in [0.4, 0.5) is 0 Å². The molecule has 0 aromatic carbocycles. The topological polar surface area (TPSA) is 169 Å². The molecule has 61 heavy (non-hydrogen) atoms. The summed E-state index contributed by atoms with van der Waals surface area (Å²) in [7, 11) is -4.76. The van der Waals surface area contributed by atoms with E-state index in [0.29, 0.717) is 12.8 Å². The van der Waals surface area contributed by atoms with Crippen molar-refractivity contribution in [2.24, 2.45) is 0 Å². The molecule has 358 valence electrons. The van der Waals surface area contributed by atoms with Crippen molar-refractivity contribution in [3.8, 4) is 0 Å². The fourth-order valence-electron chi connectivity index (χ4n) is 7.07. The largest absolute Gasteiger partial charge is 0.480 e. The van der Waals surface area contributed by atoms with E-state index in [2.05, 4.69) is 43.5 Å². The Morgan fingerprint density at radius 3 is 1.25 bits per heavy atom. The van der Waals surface area contributed by atoms with Gasteiger partial charge in [0.05, 0.1) is 13.2 Å². The van der Waals surface area contributed by atoms with Crippen molar-refractivity contribution in [2.45, 2.75) is 251 Å². The van der Waals surface area contributed by atoms with Gasteiger partial charge in [-0.3, -0.25) is 18.6 Å². The number of carbonyl (C=O) groups is 3. The molecule has 0 fully saturated rings. The van der Waals surface area contributed by atoms with Crippen LogP contribution in [0, 0.1) is 0 Å². The number of aliphatic hydroxyl groups excluding tert-OH is 1. The lowest BCUT2D eigenvalue weighted by Gasteiger charge is -2.18. The monoisotopic (exact) mass is 886 g/mol. The molecule has 0 aromatic heterocycles. The van der Waals surface area contributed by atoms with Gasteiger partial charge in [-0.1, -0.05) is 186 Å². The first-order valence-electron chi connectivity index (χ1n) is 24.9. The minimum atomic E-state index is -4.76. The van der Waals surface area contributed by atoms with Crippen molar-refractivity contribution in [1.82, 2.24) is 5.32 Å². The number of hydrogen-bond donors (Lipinski definition) is 4. The number of nitrogens with one attached hydrogen (secondary N) is 1. The van der Waals surface area contributed by atoms with Gasteiger partial charge in [0.1, 0.15) is 12.7 Å². The molecule has 0 spiro atoms. The molecule has 11 nitrogen and oxygen atoms in total. The number of phosphoric ester groups is 1. The van der Waals surface area contributed by atoms with Gasteiger partial charge in [-0.2, -0.15) is 0 Å². The van der Waals surface area contributed by atoms with Crippen LogP contribution in [0.1, 0.15) is 239 Å². The van der Waals surface area contributed by atoms with Gasteiger partial charge in [0.25, 0.3) is 0 Å². The lowest BCUT2D eigenvalue weighted by Crippen LogP contribution is -2.43. The van der Waals surface area contributed by atoms with Crippen LogP contribution in [-0.4, -0.2) is 64.9 Å². The predicted octanol–water partition coefficient (Wildman–Crippen LogP) is 13.4. The van der Waals surface area contributed by atoms with Gasteiger partial charge < -0.3 is 25.2 Å². The molecule has 0 rings (SSSR count). The highest BCUT2D eigenvalue weighted by molar-refractivity contribution is 7.47. The average Bonchev–Trinajstić information content (AvgIpc) is 3.24. The summed E-state index contributed by atoms with van der Waals surface area (Å²) in [4.78, 5) is 46.0. The number of rotatable bonds is 47. The third-order valence-electron chi connectivity index (χ3n) is 11.0. The molecular weight excluding hydrogens is 794 g/mol. The summed E-state index contributed by atoms with van der Waals surface area (Å²) in [5.41, 5.74) is 0. The number of carbonyl (C=O) groups excluding carboxylic acids is 2. The fraction of sp³-hybridized carbons (Fsp3) is 0.857. The van der Waals surface area contributed by atoms with E-state index in [-0.39, 0.29) is 12.8 Å². The van der Waals surface area contributed by atoms with Gasteiger partial charge in [0.2, 0.25) is 5.91 Å². The van der Waals surface area contributed by atoms with Crippen molar-refractivity contribution in [1.29, 1.82) is 0 Å². The number of unbranched alkanes of at least 4 members (excludes halogenated alkanes) is 29. The second-order valence-corrected chi connectivity index (χ2v) is 18.5. The smallest absolute Gasteiger partial charge is 0.472 e. The minimum absolute atomic E-state index is 0.138. The van der Waals surface area contributed by atoms with Crippen molar-refractivity contribution in [3.63, 3.8) is 0 Å². The zero-order valence-electron chi connectivity index (χ0n) is 39.0. The van der Waals surface area contributed by atoms with Crippen LogP contribution in [0.25, 0.3) is 0 Å². The first kappa shape index (κ1) is 59.0. The van der Waals surface area contributed by atoms with E-state index in [1.807, 2.05) is 0 Å². The Balaban J connectivity index is 3.82. The summed E-state index contributed by atoms with van der Waals surface area (Å²) < 4.78 is 26.9. The van der Waals surface area contributed by atoms with Crippen LogP contribution in [0.5, 0.6) is 0 Å². The quantitative estimate of drug-likeness (QED) is 0.0200. The van der Waals surface area contributed by atoms with E-state index in [1.165, 1.54) is 141 Å². The molecule has 3 unspecified atom stereocenters. The second-order valence-electron chi connectivity index (χ2n) is 17.0. The number of esters is 1. The molecule has 0 aliphatic heterocycles. The standard InChI is InChI=1S/C49H92NO10P/c1-3-5-7-9-11-13-15-17-19-21-22-23-24-25-27-29-31-33-35-37-39-41-48(53)58-42-45(51)43-59-61(56,57)60-44-46(49(54)55)50-47(52)40-38-36-34-32-30-28-26-20-18-16-14-12-10-8-6-4-2/h17,19-20,26,45-46,51H,3-16,18,21-25,27-44H2,1-2H3,(H,50,52)(H,54,55)(H,56,57)/b19-17+,26-20-. The highest BCUT2D eigenvalue weighted by Gasteiger charge is 2.28. The summed E-state index contributed by atoms with van der Waals surface area (Å²) in [6, 6.07) is -1.55. The van der Waals surface area contributed by atoms with Crippen LogP contribution in [0.15, 0.2) is 24.3 Å². The average molecular weight is 886 g/mol. The Hall–Kier alpha value is -2.04. The number of aliphatic hydroxyl groups is 1. The molecule has 0 radical (unpaired) electrons. The van der Waals surface area contributed by atoms with Crippen molar-refractivity contribution in [2.75, 3.05) is 19.8 Å². The SMILES string of the molecule is CCCCCCCC/C=C/CCCCCCCCCCCCCC(=O)OCC(O)COP(=O)(O)OCC(NC(=O)CCCCCCC/C=C\CCCCCCCCC)C(=O)O. The number of carboxylic acids is 1. The Morgan fingerprint density at radius 2 is 0.852 bits per heavy atom. The highest BCUT2D eigenvalue weighted by atomic mass is 31.2. The predicted molar refractivity (Wildman–Crippen MR) is 249 cm³/mol. The zero-order valence-corrected chi connectivity index (χ0v) is 39.9. The van der Waals surface area contributed by atoms with E-state index in [9.17, 15) is 34.1 Å². The highest BCUT2D eigenvalue weighted by Crippen LogP contribution is 2.43. The molecule has 0 aliphatic carbocycles. The molecule has 1 amide bonds. The summed E-state index contributed by atoms with van der Waals surface area (Å²) >= 11 is 0. The van der Waals surface area contributed by atoms with Crippen molar-refractivity contribution >= 4 is 25.7 Å². The molecule has 0 saturated carbocycles. The third kappa shape index (κ3) is 44.4. The Bertz CT molecular complexity index is 1130. The van der Waals surface area contributed by atoms with Gasteiger partial charge in [-0.05, 0) is 64.2 Å². The molecule has 4 N–H and O–H groups in total. The van der Waals surface area contributed by atoms with Crippen LogP contribution < -0.4 is 5.32 Å². The maximum absolute atomic E-state index is 12.3. The number of ether oxygens (including phenoxy) is 1. The molecule has 0 aliphatic rings. The number of carboxylic acid groups (broad SMARTS) is 1. The van der Waals surface area contributed by atoms with Crippen molar-refractivity contribution in [3.05, 3.63) is 24.3 Å². The maximum atomic E-state index is 12.3. The molecular formula is C49H92NO10P. The summed E-state index contributed by atoms with van der Waals surface area (Å²) in [5.74, 6) is -2.37. The van der Waals surface area contributed by atoms with E-state index in [4.69, 9.17) is 13.8 Å². The number of hydrogen-bond acceptors (Lipinski definition) is 8. The van der Waals surface area contributed by atoms with Crippen LogP contribution in [0.2, 0.25) is 0 Å². The number of amides is 1. The fourth-order valence-corrected chi connectivity index (χ4v) is 7.84. The number of allylic oxidation sites excluding steroid dienone is 4. The van der Waals surface area contributed by atoms with E-state index in [1.54, 1.807) is 0 Å². The van der Waals surface area contributed by atoms with Gasteiger partial charge in [-0.25, -0.2) is 9.36 Å². The molecule has 12 heteroatoms. The summed E-state index contributed by atoms with van der Waals surface area (Å²) in [6.07, 6.45) is 47.7. The van der Waals surface area contributed by atoms with E-state index >= 15 is 0 Å². The van der Waals surface area contributed by atoms with Gasteiger partial charge in [-0.15, -0.1) is 0 Å². The van der Waals surface area contributed by atoms with Crippen molar-refractivity contribution < 1.29 is 47.8 Å². The number of phosphoric acid groups is 1. The molecule has 0 saturated heterocycles. The van der Waals surface area contributed by atoms with Crippen LogP contribution in [0.3, 0.4) is 0 Å². The Morgan fingerprint density at radius 1 is 0.508 bits per heavy atom. The Kier molecular flexibility index (Phi) is 43.1. The lowest BCUT2D eigenvalue weighted by atomic mass is 10.0. The van der Waals surface area contributed by atoms with Gasteiger partial charge >= 0.3 is 19.8 Å². The van der Waals surface area contributed by atoms with E-state index < -0.39 is 57.6 Å². The number of aliphatic carboxylic acids is 1. The molecule has 0 aromatic rings. The summed E-state index contributed by atoms with van der Waals surface area (Å²) in [5, 5.41) is 21.9. The second kappa shape index (κ2) is 44.6. The normalized spacial score (nSPS) is 13.8. The zero-order chi connectivity index (χ0) is 44.9. The Labute approximate surface area is 372 Å².